The number of benzene rings is 4. The lowest BCUT2D eigenvalue weighted by Gasteiger charge is -2.45. The molecule has 5 amide bonds. The number of carboxylic acid groups (broad SMARTS) is 1. The number of aliphatic hydroxyl groups is 1. The Balaban J connectivity index is 1.00. The van der Waals surface area contributed by atoms with Crippen LogP contribution >= 0.6 is 68.0 Å². The zero-order valence-corrected chi connectivity index (χ0v) is 70.3. The first kappa shape index (κ1) is 82.3. The molecule has 0 aliphatic heterocycles. The third-order valence-electron chi connectivity index (χ3n) is 18.5. The Morgan fingerprint density at radius 3 is 1.52 bits per heavy atom. The molecule has 6 atom stereocenters. The van der Waals surface area contributed by atoms with Crippen molar-refractivity contribution in [2.24, 2.45) is 11.7 Å². The second-order valence-electron chi connectivity index (χ2n) is 28.7. The number of carbonyl (C=O) groups excluding carboxylic acids is 5. The van der Waals surface area contributed by atoms with Crippen molar-refractivity contribution in [3.8, 4) is 43.4 Å². The molecule has 0 aliphatic carbocycles. The van der Waals surface area contributed by atoms with Gasteiger partial charge in [0.2, 0.25) is 5.91 Å². The smallest absolute Gasteiger partial charge is 0.355 e. The topological polar surface area (TPSA) is 338 Å². The van der Waals surface area contributed by atoms with E-state index in [2.05, 4.69) is 102 Å². The van der Waals surface area contributed by atoms with Crippen LogP contribution in [0.15, 0.2) is 184 Å². The molecule has 0 spiro atoms. The number of allylic oxidation sites excluding steroid dienone is 2. The maximum absolute atomic E-state index is 15.3. The first-order valence-corrected chi connectivity index (χ1v) is 44.9. The molecular weight excluding hydrogens is 1550 g/mol. The van der Waals surface area contributed by atoms with Gasteiger partial charge in [0.15, 0.2) is 5.69 Å². The first-order chi connectivity index (χ1) is 52.9. The van der Waals surface area contributed by atoms with Crippen LogP contribution < -0.4 is 53.1 Å². The number of nitrogens with zero attached hydrogens (tertiary/aromatic N) is 7. The van der Waals surface area contributed by atoms with Crippen LogP contribution in [0.5, 0.6) is 0 Å². The molecule has 576 valence electrons. The third kappa shape index (κ3) is 18.3. The average molecular weight is 1640 g/mol. The quantitative estimate of drug-likeness (QED) is 0.0153. The van der Waals surface area contributed by atoms with E-state index >= 15 is 9.59 Å². The van der Waals surface area contributed by atoms with Gasteiger partial charge >= 0.3 is 5.97 Å². The van der Waals surface area contributed by atoms with Gasteiger partial charge in [-0.25, -0.2) is 39.7 Å². The lowest BCUT2D eigenvalue weighted by atomic mass is 10.1. The number of carbonyl (C=O) groups is 6. The lowest BCUT2D eigenvalue weighted by molar-refractivity contribution is -0.123. The molecule has 23 nitrogen and oxygen atoms in total. The number of hydrogen-bond donors (Lipinski definition) is 8. The van der Waals surface area contributed by atoms with E-state index in [1.807, 2.05) is 129 Å². The molecule has 0 saturated heterocycles. The Bertz CT molecular complexity index is 5110. The number of aliphatic hydroxyl groups excluding tert-OH is 1. The van der Waals surface area contributed by atoms with Gasteiger partial charge in [-0.15, -0.1) is 68.0 Å². The van der Waals surface area contributed by atoms with E-state index in [1.54, 1.807) is 54.4 Å². The van der Waals surface area contributed by atoms with E-state index in [-0.39, 0.29) is 51.6 Å². The minimum absolute atomic E-state index is 0.0135. The Morgan fingerprint density at radius 1 is 0.505 bits per heavy atom. The summed E-state index contributed by atoms with van der Waals surface area (Å²) in [7, 11) is -6.75. The summed E-state index contributed by atoms with van der Waals surface area (Å²) in [6.07, 6.45) is 0.477. The number of nitrogens with two attached hydrogens (primary N) is 1. The molecule has 0 aliphatic rings. The highest BCUT2D eigenvalue weighted by Crippen LogP contribution is 2.43. The van der Waals surface area contributed by atoms with Gasteiger partial charge in [0.1, 0.15) is 82.0 Å². The molecule has 4 aromatic carbocycles. The number of aromatic carboxylic acids is 1. The van der Waals surface area contributed by atoms with Crippen LogP contribution in [0.1, 0.15) is 159 Å². The van der Waals surface area contributed by atoms with Crippen molar-refractivity contribution in [3.05, 3.63) is 221 Å². The van der Waals surface area contributed by atoms with Crippen molar-refractivity contribution < 1.29 is 47.8 Å². The normalized spacial score (nSPS) is 14.1. The Hall–Kier alpha value is -9.62. The Morgan fingerprint density at radius 2 is 0.991 bits per heavy atom. The van der Waals surface area contributed by atoms with Crippen molar-refractivity contribution >= 4 is 147 Å². The van der Waals surface area contributed by atoms with Crippen LogP contribution in [0, 0.1) is 5.92 Å². The summed E-state index contributed by atoms with van der Waals surface area (Å²) in [6, 6.07) is 41.1. The Labute approximate surface area is 670 Å². The predicted molar refractivity (Wildman–Crippen MR) is 447 cm³/mol. The number of hydrogen-bond acceptors (Lipinski definition) is 23. The van der Waals surface area contributed by atoms with Crippen LogP contribution in [0.4, 0.5) is 0 Å². The summed E-state index contributed by atoms with van der Waals surface area (Å²) in [5.74, 6) is -4.22. The molecule has 0 unspecified atom stereocenters. The monoisotopic (exact) mass is 1640 g/mol. The van der Waals surface area contributed by atoms with Gasteiger partial charge < -0.3 is 51.4 Å². The molecule has 9 N–H and O–H groups in total. The van der Waals surface area contributed by atoms with Gasteiger partial charge in [0, 0.05) is 44.4 Å². The number of thiazole rings is 6. The SMILES string of the molecule is C/C=C(\NC(=O)c1csc(-c2csc(-c3ccc(-c4nc(C(=O)N[C@H](C(=O)N/C(=C\C)c5nc(C(=O)O)cs5)[C@@H](C)O[Si](c5ccccc5)(c5ccccc5)C(C)(C)C)cs4)c(-c4csc([C@@H](NC(=O)c5csc([C@H](N)C(C)C)n5)[C@@H](C)O[Si](c5ccccc5)(c5ccccc5)C(C)(C)C)n4)n3)n2)n1)C(=O)NC[C@H](C)O. The van der Waals surface area contributed by atoms with Crippen molar-refractivity contribution in [2.75, 3.05) is 6.54 Å². The summed E-state index contributed by atoms with van der Waals surface area (Å²) in [4.78, 5) is 118. The highest BCUT2D eigenvalue weighted by atomic mass is 32.1. The van der Waals surface area contributed by atoms with E-state index in [0.29, 0.717) is 53.4 Å². The average Bonchev–Trinajstić information content (AvgIpc) is 1.33. The fourth-order valence-corrected chi connectivity index (χ4v) is 27.4. The minimum atomic E-state index is -3.42. The maximum atomic E-state index is 15.3. The molecule has 11 rings (SSSR count). The standard InChI is InChI=1S/C80H87N13O10S6Si2/c1-14-54(67(95)82-38-46(5)94)84-68(96)58-41-105-75(88-58)61-43-106-74(90-61)56-37-36-53(66(83-56)57-39-109-77(86-57)65(93-70(98)60-42-108-76(89-60)63(81)45(3)4)48(7)103-111(80(11,12)13,51-32-24-18-25-33-51)52-34-26-19-27-35-52)72-87-59(40-104-72)69(97)92-64(71(99)85-55(15-2)73-91-62(44-107-73)78(100)101)47(6)102-110(79(8,9)10,49-28-20-16-21-29-49)50-30-22-17-23-31-50/h14-37,39-48,63-65,94H,38,81H2,1-13H3,(H,82,95)(H,84,96)(H,85,99)(H,92,97)(H,93,98)(H,100,101)/b54-14-,55-15-/t46-,47+,48+,63+,64-,65-/m0/s1. The lowest BCUT2D eigenvalue weighted by Crippen LogP contribution is -2.69. The van der Waals surface area contributed by atoms with Gasteiger partial charge in [0.25, 0.3) is 40.3 Å². The number of nitrogens with one attached hydrogen (secondary N) is 5. The van der Waals surface area contributed by atoms with Crippen LogP contribution in [0.3, 0.4) is 0 Å². The van der Waals surface area contributed by atoms with Gasteiger partial charge in [-0.2, -0.15) is 0 Å². The van der Waals surface area contributed by atoms with E-state index in [4.69, 9.17) is 39.5 Å². The third-order valence-corrected chi connectivity index (χ3v) is 34.1. The summed E-state index contributed by atoms with van der Waals surface area (Å²) in [5, 5.41) is 49.4. The van der Waals surface area contributed by atoms with E-state index in [1.165, 1.54) is 63.7 Å². The molecule has 7 heterocycles. The van der Waals surface area contributed by atoms with E-state index in [0.717, 1.165) is 43.4 Å². The molecule has 11 aromatic rings. The number of carboxylic acids is 1. The van der Waals surface area contributed by atoms with Gasteiger partial charge in [-0.1, -0.05) is 189 Å². The molecule has 0 fully saturated rings. The van der Waals surface area contributed by atoms with Gasteiger partial charge in [0.05, 0.1) is 35.7 Å². The molecule has 31 heteroatoms. The second kappa shape index (κ2) is 35.4. The second-order valence-corrected chi connectivity index (χ2v) is 42.5. The highest BCUT2D eigenvalue weighted by Gasteiger charge is 2.54. The van der Waals surface area contributed by atoms with Crippen LogP contribution in [-0.4, -0.2) is 128 Å². The fraction of sp³-hybridized carbons (Fsp3) is 0.287. The maximum Gasteiger partial charge on any atom is 0.355 e. The number of rotatable bonds is 30. The molecule has 7 aromatic heterocycles. The molecule has 0 bridgehead atoms. The summed E-state index contributed by atoms with van der Waals surface area (Å²) in [5.41, 5.74) is 8.82. The summed E-state index contributed by atoms with van der Waals surface area (Å²) >= 11 is 7.27. The van der Waals surface area contributed by atoms with Crippen LogP contribution in [0.2, 0.25) is 10.1 Å². The number of amides is 5. The zero-order chi connectivity index (χ0) is 79.7. The molecule has 0 saturated carbocycles. The van der Waals surface area contributed by atoms with Crippen molar-refractivity contribution in [2.45, 2.75) is 137 Å². The van der Waals surface area contributed by atoms with Crippen LogP contribution in [-0.2, 0) is 18.4 Å². The van der Waals surface area contributed by atoms with E-state index < -0.39 is 98.7 Å². The summed E-state index contributed by atoms with van der Waals surface area (Å²) < 4.78 is 15.3. The first-order valence-electron chi connectivity index (χ1n) is 35.8. The molecular formula is C80H87N13O10S6Si2. The predicted octanol–water partition coefficient (Wildman–Crippen LogP) is 12.7. The number of aromatic nitrogens is 7. The van der Waals surface area contributed by atoms with Crippen molar-refractivity contribution in [3.63, 3.8) is 0 Å². The van der Waals surface area contributed by atoms with Gasteiger partial charge in [-0.05, 0) is 83.5 Å². The Kier molecular flexibility index (Phi) is 26.3. The molecule has 111 heavy (non-hydrogen) atoms. The minimum Gasteiger partial charge on any atom is -0.476 e. The van der Waals surface area contributed by atoms with Crippen molar-refractivity contribution in [1.82, 2.24) is 61.5 Å². The zero-order valence-electron chi connectivity index (χ0n) is 63.4. The van der Waals surface area contributed by atoms with Crippen LogP contribution in [0.25, 0.3) is 49.1 Å². The summed E-state index contributed by atoms with van der Waals surface area (Å²) in [6.45, 7) is 25.4. The molecule has 0 radical (unpaired) electrons. The highest BCUT2D eigenvalue weighted by molar-refractivity contribution is 7.15. The number of pyridine rings is 1. The largest absolute Gasteiger partial charge is 0.476 e. The van der Waals surface area contributed by atoms with Gasteiger partial charge in [-0.3, -0.25) is 24.0 Å². The van der Waals surface area contributed by atoms with E-state index in [9.17, 15) is 29.4 Å². The fourth-order valence-electron chi connectivity index (χ4n) is 12.8. The van der Waals surface area contributed by atoms with Crippen molar-refractivity contribution in [1.29, 1.82) is 0 Å².